The van der Waals surface area contributed by atoms with Crippen molar-refractivity contribution in [3.63, 3.8) is 0 Å². The maximum Gasteiger partial charge on any atom is 0.161 e. The van der Waals surface area contributed by atoms with Crippen LogP contribution in [0.15, 0.2) is 54.6 Å². The van der Waals surface area contributed by atoms with Crippen molar-refractivity contribution in [3.05, 3.63) is 65.7 Å². The van der Waals surface area contributed by atoms with Gasteiger partial charge in [0.1, 0.15) is 0 Å². The zero-order valence-corrected chi connectivity index (χ0v) is 12.3. The van der Waals surface area contributed by atoms with Gasteiger partial charge in [0, 0.05) is 6.42 Å². The van der Waals surface area contributed by atoms with E-state index in [2.05, 4.69) is 12.1 Å². The minimum absolute atomic E-state index is 0.536. The Bertz CT molecular complexity index is 647. The summed E-state index contributed by atoms with van der Waals surface area (Å²) in [6, 6.07) is 15.3. The van der Waals surface area contributed by atoms with Gasteiger partial charge in [0.15, 0.2) is 11.5 Å². The maximum atomic E-state index is 10.4. The number of hydrogen-bond acceptors (Lipinski definition) is 4. The average molecular weight is 297 g/mol. The van der Waals surface area contributed by atoms with E-state index in [0.717, 1.165) is 12.5 Å². The number of benzene rings is 2. The van der Waals surface area contributed by atoms with E-state index in [4.69, 9.17) is 9.47 Å². The second kappa shape index (κ2) is 7.88. The standard InChI is InChI=1S/C18H18O4/c1-21-17-13-15(8-10-18(19)20)7-9-16(17)22-12-11-14-5-3-2-4-6-14/h2-10,13H,11-12H2,1H3,(H,19,20)/p-1/b10-8+. The Labute approximate surface area is 129 Å². The van der Waals surface area contributed by atoms with E-state index < -0.39 is 5.97 Å². The number of carboxylic acid groups (broad SMARTS) is 1. The smallest absolute Gasteiger partial charge is 0.161 e. The summed E-state index contributed by atoms with van der Waals surface area (Å²) in [6.45, 7) is 0.536. The fourth-order valence-corrected chi connectivity index (χ4v) is 1.99. The predicted molar refractivity (Wildman–Crippen MR) is 82.7 cm³/mol. The average Bonchev–Trinajstić information content (AvgIpc) is 2.54. The predicted octanol–water partition coefficient (Wildman–Crippen LogP) is 2.08. The first-order valence-electron chi connectivity index (χ1n) is 6.93. The fraction of sp³-hybridized carbons (Fsp3) is 0.167. The van der Waals surface area contributed by atoms with Crippen molar-refractivity contribution in [2.45, 2.75) is 6.42 Å². The largest absolute Gasteiger partial charge is 0.545 e. The molecule has 0 N–H and O–H groups in total. The number of carbonyl (C=O) groups excluding carboxylic acids is 1. The molecule has 0 bridgehead atoms. The molecule has 0 unspecified atom stereocenters. The van der Waals surface area contributed by atoms with Gasteiger partial charge in [-0.2, -0.15) is 0 Å². The Morgan fingerprint density at radius 3 is 2.59 bits per heavy atom. The van der Waals surface area contributed by atoms with Crippen LogP contribution in [0, 0.1) is 0 Å². The molecule has 4 heteroatoms. The molecule has 0 radical (unpaired) electrons. The summed E-state index contributed by atoms with van der Waals surface area (Å²) in [5.74, 6) is -0.0419. The molecule has 0 saturated heterocycles. The lowest BCUT2D eigenvalue weighted by Gasteiger charge is -2.11. The highest BCUT2D eigenvalue weighted by atomic mass is 16.5. The number of rotatable bonds is 7. The molecule has 0 fully saturated rings. The van der Waals surface area contributed by atoms with Crippen molar-refractivity contribution >= 4 is 12.0 Å². The highest BCUT2D eigenvalue weighted by molar-refractivity contribution is 5.83. The van der Waals surface area contributed by atoms with E-state index in [0.29, 0.717) is 23.7 Å². The number of hydrogen-bond donors (Lipinski definition) is 0. The minimum atomic E-state index is -1.23. The van der Waals surface area contributed by atoms with Crippen molar-refractivity contribution in [3.8, 4) is 11.5 Å². The Kier molecular flexibility index (Phi) is 5.60. The van der Waals surface area contributed by atoms with Crippen LogP contribution in [0.1, 0.15) is 11.1 Å². The lowest BCUT2D eigenvalue weighted by Crippen LogP contribution is -2.18. The molecule has 114 valence electrons. The molecule has 4 nitrogen and oxygen atoms in total. The zero-order valence-electron chi connectivity index (χ0n) is 12.3. The fourth-order valence-electron chi connectivity index (χ4n) is 1.99. The van der Waals surface area contributed by atoms with Crippen molar-refractivity contribution in [1.82, 2.24) is 0 Å². The van der Waals surface area contributed by atoms with Crippen LogP contribution in [-0.2, 0) is 11.2 Å². The molecular formula is C18H17O4-. The van der Waals surface area contributed by atoms with Crippen LogP contribution < -0.4 is 14.6 Å². The van der Waals surface area contributed by atoms with Crippen LogP contribution >= 0.6 is 0 Å². The van der Waals surface area contributed by atoms with Crippen LogP contribution in [0.3, 0.4) is 0 Å². The second-order valence-electron chi connectivity index (χ2n) is 4.65. The Balaban J connectivity index is 2.00. The molecule has 0 aliphatic rings. The van der Waals surface area contributed by atoms with Gasteiger partial charge in [-0.25, -0.2) is 0 Å². The van der Waals surface area contributed by atoms with E-state index in [-0.39, 0.29) is 0 Å². The third-order valence-electron chi connectivity index (χ3n) is 3.09. The number of carboxylic acids is 1. The number of methoxy groups -OCH3 is 1. The monoisotopic (exact) mass is 297 g/mol. The first-order chi connectivity index (χ1) is 10.7. The van der Waals surface area contributed by atoms with E-state index >= 15 is 0 Å². The first kappa shape index (κ1) is 15.6. The highest BCUT2D eigenvalue weighted by Crippen LogP contribution is 2.28. The van der Waals surface area contributed by atoms with Crippen LogP contribution in [0.2, 0.25) is 0 Å². The highest BCUT2D eigenvalue weighted by Gasteiger charge is 2.05. The van der Waals surface area contributed by atoms with Gasteiger partial charge in [-0.15, -0.1) is 0 Å². The molecule has 22 heavy (non-hydrogen) atoms. The molecule has 0 saturated carbocycles. The molecule has 0 aromatic heterocycles. The third-order valence-corrected chi connectivity index (χ3v) is 3.09. The van der Waals surface area contributed by atoms with E-state index in [1.165, 1.54) is 11.6 Å². The van der Waals surface area contributed by atoms with Crippen molar-refractivity contribution in [2.24, 2.45) is 0 Å². The van der Waals surface area contributed by atoms with Gasteiger partial charge in [0.2, 0.25) is 0 Å². The van der Waals surface area contributed by atoms with Crippen molar-refractivity contribution < 1.29 is 19.4 Å². The Hall–Kier alpha value is -2.75. The number of aliphatic carboxylic acids is 1. The molecule has 0 spiro atoms. The van der Waals surface area contributed by atoms with Crippen LogP contribution in [0.5, 0.6) is 11.5 Å². The van der Waals surface area contributed by atoms with Gasteiger partial charge in [0.05, 0.1) is 19.7 Å². The SMILES string of the molecule is COc1cc(/C=C/C(=O)[O-])ccc1OCCc1ccccc1. The molecule has 2 aromatic carbocycles. The van der Waals surface area contributed by atoms with Crippen LogP contribution in [0.4, 0.5) is 0 Å². The van der Waals surface area contributed by atoms with Gasteiger partial charge in [-0.1, -0.05) is 42.5 Å². The maximum absolute atomic E-state index is 10.4. The van der Waals surface area contributed by atoms with E-state index in [1.54, 1.807) is 25.3 Å². The summed E-state index contributed by atoms with van der Waals surface area (Å²) in [6.07, 6.45) is 3.23. The molecule has 2 rings (SSSR count). The summed E-state index contributed by atoms with van der Waals surface area (Å²) in [5.41, 5.74) is 1.91. The summed E-state index contributed by atoms with van der Waals surface area (Å²) >= 11 is 0. The van der Waals surface area contributed by atoms with Gasteiger partial charge in [-0.3, -0.25) is 0 Å². The summed E-state index contributed by atoms with van der Waals surface area (Å²) in [7, 11) is 1.55. The molecular weight excluding hydrogens is 280 g/mol. The molecule has 0 aliphatic carbocycles. The van der Waals surface area contributed by atoms with Crippen molar-refractivity contribution in [1.29, 1.82) is 0 Å². The summed E-state index contributed by atoms with van der Waals surface area (Å²) in [5, 5.41) is 10.4. The van der Waals surface area contributed by atoms with Gasteiger partial charge >= 0.3 is 0 Å². The molecule has 2 aromatic rings. The van der Waals surface area contributed by atoms with E-state index in [1.807, 2.05) is 18.2 Å². The quantitative estimate of drug-likeness (QED) is 0.734. The summed E-state index contributed by atoms with van der Waals surface area (Å²) < 4.78 is 11.0. The third kappa shape index (κ3) is 4.66. The Morgan fingerprint density at radius 2 is 1.91 bits per heavy atom. The molecule has 0 atom stereocenters. The number of carbonyl (C=O) groups is 1. The van der Waals surface area contributed by atoms with Gasteiger partial charge in [-0.05, 0) is 29.3 Å². The lowest BCUT2D eigenvalue weighted by atomic mass is 10.1. The van der Waals surface area contributed by atoms with Crippen LogP contribution in [0.25, 0.3) is 6.08 Å². The topological polar surface area (TPSA) is 58.6 Å². The summed E-state index contributed by atoms with van der Waals surface area (Å²) in [4.78, 5) is 10.4. The minimum Gasteiger partial charge on any atom is -0.545 e. The number of ether oxygens (including phenoxy) is 2. The normalized spacial score (nSPS) is 10.6. The van der Waals surface area contributed by atoms with Crippen LogP contribution in [-0.4, -0.2) is 19.7 Å². The second-order valence-corrected chi connectivity index (χ2v) is 4.65. The first-order valence-corrected chi connectivity index (χ1v) is 6.93. The Morgan fingerprint density at radius 1 is 1.14 bits per heavy atom. The molecule has 0 amide bonds. The lowest BCUT2D eigenvalue weighted by molar-refractivity contribution is -0.297. The van der Waals surface area contributed by atoms with Gasteiger partial charge in [0.25, 0.3) is 0 Å². The van der Waals surface area contributed by atoms with E-state index in [9.17, 15) is 9.90 Å². The van der Waals surface area contributed by atoms with Crippen molar-refractivity contribution in [2.75, 3.05) is 13.7 Å². The molecule has 0 heterocycles. The zero-order chi connectivity index (χ0) is 15.8. The van der Waals surface area contributed by atoms with Gasteiger partial charge < -0.3 is 19.4 Å². The molecule has 0 aliphatic heterocycles.